The number of benzene rings is 5. The lowest BCUT2D eigenvalue weighted by molar-refractivity contribution is 0.915. The van der Waals surface area contributed by atoms with E-state index in [1.165, 1.54) is 50.0 Å². The van der Waals surface area contributed by atoms with Gasteiger partial charge in [-0.25, -0.2) is 0 Å². The molecule has 0 bridgehead atoms. The standard InChI is InChI=1S/C36H26N4/c1-3-11-23(12-4-1)39-31-21-19-30-34(26-16-8-10-18-28(26)38-30)36(31)40(24-13-5-2-6-14-24)32-22-20-29-33(35(32)39)25-15-7-9-17-27(25)37-29/h1-5,7-13,15-22,37-38H,6,14H2. The molecule has 0 amide bonds. The first-order chi connectivity index (χ1) is 19.9. The van der Waals surface area contributed by atoms with Crippen LogP contribution < -0.4 is 9.80 Å². The van der Waals surface area contributed by atoms with Crippen molar-refractivity contribution in [3.63, 3.8) is 0 Å². The number of aromatic amines is 2. The summed E-state index contributed by atoms with van der Waals surface area (Å²) in [5.41, 5.74) is 11.9. The summed E-state index contributed by atoms with van der Waals surface area (Å²) in [6.07, 6.45) is 8.80. The summed E-state index contributed by atoms with van der Waals surface area (Å²) >= 11 is 0. The van der Waals surface area contributed by atoms with E-state index in [1.807, 2.05) is 0 Å². The van der Waals surface area contributed by atoms with Crippen LogP contribution in [0.15, 0.2) is 127 Å². The second kappa shape index (κ2) is 8.14. The molecule has 0 saturated heterocycles. The minimum atomic E-state index is 0.991. The first kappa shape index (κ1) is 21.7. The Morgan fingerprint density at radius 1 is 0.525 bits per heavy atom. The van der Waals surface area contributed by atoms with E-state index in [2.05, 4.69) is 141 Å². The smallest absolute Gasteiger partial charge is 0.0803 e. The van der Waals surface area contributed by atoms with Crippen LogP contribution in [0.1, 0.15) is 12.8 Å². The summed E-state index contributed by atoms with van der Waals surface area (Å²) in [5.74, 6) is 0. The molecule has 2 N–H and O–H groups in total. The molecule has 2 aromatic heterocycles. The maximum atomic E-state index is 3.70. The number of nitrogens with one attached hydrogen (secondary N) is 2. The molecule has 2 aliphatic rings. The van der Waals surface area contributed by atoms with Gasteiger partial charge in [-0.15, -0.1) is 0 Å². The van der Waals surface area contributed by atoms with Crippen LogP contribution >= 0.6 is 0 Å². The Morgan fingerprint density at radius 3 is 1.73 bits per heavy atom. The summed E-state index contributed by atoms with van der Waals surface area (Å²) < 4.78 is 0. The molecular formula is C36H26N4. The van der Waals surface area contributed by atoms with Gasteiger partial charge in [-0.3, -0.25) is 0 Å². The Kier molecular flexibility index (Phi) is 4.41. The SMILES string of the molecule is C1=CCCC(N2c3ccc4[nH]c5ccccc5c4c3N(c3ccccc3)c3ccc4[nH]c5ccccc5c4c32)=C1. The molecule has 40 heavy (non-hydrogen) atoms. The van der Waals surface area contributed by atoms with Gasteiger partial charge in [0.1, 0.15) is 0 Å². The Balaban J connectivity index is 1.49. The van der Waals surface area contributed by atoms with Crippen LogP contribution in [0.4, 0.5) is 28.4 Å². The third-order valence-corrected chi connectivity index (χ3v) is 8.47. The van der Waals surface area contributed by atoms with Crippen LogP contribution in [0.5, 0.6) is 0 Å². The van der Waals surface area contributed by atoms with Gasteiger partial charge in [0.05, 0.1) is 22.7 Å². The molecule has 7 aromatic rings. The number of nitrogens with zero attached hydrogens (tertiary/aromatic N) is 2. The topological polar surface area (TPSA) is 38.1 Å². The molecule has 3 heterocycles. The average Bonchev–Trinajstić information content (AvgIpc) is 3.59. The second-order valence-electron chi connectivity index (χ2n) is 10.7. The lowest BCUT2D eigenvalue weighted by Gasteiger charge is -2.42. The number of para-hydroxylation sites is 3. The van der Waals surface area contributed by atoms with E-state index in [9.17, 15) is 0 Å². The lowest BCUT2D eigenvalue weighted by Crippen LogP contribution is -2.27. The first-order valence-electron chi connectivity index (χ1n) is 13.9. The number of aromatic nitrogens is 2. The van der Waals surface area contributed by atoms with Crippen LogP contribution in [0, 0.1) is 0 Å². The van der Waals surface area contributed by atoms with E-state index < -0.39 is 0 Å². The summed E-state index contributed by atoms with van der Waals surface area (Å²) in [6.45, 7) is 0. The maximum absolute atomic E-state index is 3.70. The largest absolute Gasteiger partial charge is 0.354 e. The quantitative estimate of drug-likeness (QED) is 0.241. The fourth-order valence-corrected chi connectivity index (χ4v) is 6.80. The predicted octanol–water partition coefficient (Wildman–Crippen LogP) is 10.1. The minimum absolute atomic E-state index is 0.991. The third-order valence-electron chi connectivity index (χ3n) is 8.47. The van der Waals surface area contributed by atoms with Crippen molar-refractivity contribution in [2.45, 2.75) is 12.8 Å². The highest BCUT2D eigenvalue weighted by molar-refractivity contribution is 6.25. The van der Waals surface area contributed by atoms with Crippen LogP contribution in [-0.2, 0) is 0 Å². The molecule has 0 radical (unpaired) electrons. The minimum Gasteiger partial charge on any atom is -0.354 e. The normalized spacial score (nSPS) is 14.8. The third kappa shape index (κ3) is 2.90. The molecule has 0 atom stereocenters. The van der Waals surface area contributed by atoms with Gasteiger partial charge in [0.2, 0.25) is 0 Å². The first-order valence-corrected chi connectivity index (χ1v) is 13.9. The Labute approximate surface area is 231 Å². The van der Waals surface area contributed by atoms with Gasteiger partial charge in [-0.1, -0.05) is 66.7 Å². The van der Waals surface area contributed by atoms with E-state index in [0.29, 0.717) is 0 Å². The second-order valence-corrected chi connectivity index (χ2v) is 10.7. The molecule has 190 valence electrons. The zero-order valence-corrected chi connectivity index (χ0v) is 21.9. The van der Waals surface area contributed by atoms with E-state index in [-0.39, 0.29) is 0 Å². The Hall–Kier alpha value is -5.22. The van der Waals surface area contributed by atoms with Crippen molar-refractivity contribution in [2.75, 3.05) is 9.80 Å². The fraction of sp³-hybridized carbons (Fsp3) is 0.0556. The number of hydrogen-bond acceptors (Lipinski definition) is 2. The van der Waals surface area contributed by atoms with Crippen LogP contribution in [0.25, 0.3) is 43.6 Å². The number of anilines is 5. The van der Waals surface area contributed by atoms with Gasteiger partial charge in [0.25, 0.3) is 0 Å². The average molecular weight is 515 g/mol. The number of allylic oxidation sites excluding steroid dienone is 4. The van der Waals surface area contributed by atoms with Crippen molar-refractivity contribution in [1.82, 2.24) is 9.97 Å². The molecular weight excluding hydrogens is 488 g/mol. The van der Waals surface area contributed by atoms with Gasteiger partial charge in [0.15, 0.2) is 0 Å². The zero-order valence-electron chi connectivity index (χ0n) is 21.9. The van der Waals surface area contributed by atoms with Crippen LogP contribution in [-0.4, -0.2) is 9.97 Å². The summed E-state index contributed by atoms with van der Waals surface area (Å²) in [6, 6.07) is 37.2. The molecule has 1 aliphatic heterocycles. The van der Waals surface area contributed by atoms with Crippen molar-refractivity contribution in [3.8, 4) is 0 Å². The van der Waals surface area contributed by atoms with Crippen LogP contribution in [0.2, 0.25) is 0 Å². The molecule has 0 saturated carbocycles. The van der Waals surface area contributed by atoms with Crippen molar-refractivity contribution < 1.29 is 0 Å². The summed E-state index contributed by atoms with van der Waals surface area (Å²) in [5, 5.41) is 4.99. The highest BCUT2D eigenvalue weighted by Gasteiger charge is 2.35. The van der Waals surface area contributed by atoms with E-state index >= 15 is 0 Å². The summed E-state index contributed by atoms with van der Waals surface area (Å²) in [4.78, 5) is 12.4. The van der Waals surface area contributed by atoms with Crippen molar-refractivity contribution >= 4 is 72.0 Å². The number of hydrogen-bond donors (Lipinski definition) is 2. The van der Waals surface area contributed by atoms with Crippen molar-refractivity contribution in [2.24, 2.45) is 0 Å². The molecule has 0 unspecified atom stereocenters. The number of H-pyrrole nitrogens is 2. The molecule has 5 aromatic carbocycles. The van der Waals surface area contributed by atoms with Gasteiger partial charge in [-0.05, 0) is 67.4 Å². The van der Waals surface area contributed by atoms with E-state index in [1.54, 1.807) is 0 Å². The highest BCUT2D eigenvalue weighted by Crippen LogP contribution is 2.59. The molecule has 0 fully saturated rings. The monoisotopic (exact) mass is 514 g/mol. The van der Waals surface area contributed by atoms with Crippen molar-refractivity contribution in [3.05, 3.63) is 127 Å². The lowest BCUT2D eigenvalue weighted by atomic mass is 9.97. The van der Waals surface area contributed by atoms with Crippen molar-refractivity contribution in [1.29, 1.82) is 0 Å². The highest BCUT2D eigenvalue weighted by atomic mass is 15.3. The van der Waals surface area contributed by atoms with E-state index in [4.69, 9.17) is 0 Å². The number of rotatable bonds is 2. The molecule has 4 heteroatoms. The summed E-state index contributed by atoms with van der Waals surface area (Å²) in [7, 11) is 0. The molecule has 4 nitrogen and oxygen atoms in total. The zero-order chi connectivity index (χ0) is 26.2. The van der Waals surface area contributed by atoms with E-state index in [0.717, 1.165) is 40.6 Å². The Morgan fingerprint density at radius 2 is 1.10 bits per heavy atom. The van der Waals surface area contributed by atoms with Gasteiger partial charge < -0.3 is 19.8 Å². The van der Waals surface area contributed by atoms with Gasteiger partial charge >= 0.3 is 0 Å². The Bertz CT molecular complexity index is 2180. The molecule has 1 aliphatic carbocycles. The molecule has 0 spiro atoms. The maximum Gasteiger partial charge on any atom is 0.0803 e. The number of fused-ring (bicyclic) bond motifs is 10. The van der Waals surface area contributed by atoms with Gasteiger partial charge in [-0.2, -0.15) is 0 Å². The fourth-order valence-electron chi connectivity index (χ4n) is 6.80. The molecule has 9 rings (SSSR count). The van der Waals surface area contributed by atoms with Crippen LogP contribution in [0.3, 0.4) is 0 Å². The van der Waals surface area contributed by atoms with Gasteiger partial charge in [0, 0.05) is 55.0 Å². The predicted molar refractivity (Wildman–Crippen MR) is 168 cm³/mol.